The molecule has 192 valence electrons. The van der Waals surface area contributed by atoms with Crippen LogP contribution in [0.2, 0.25) is 0 Å². The summed E-state index contributed by atoms with van der Waals surface area (Å²) in [5.74, 6) is 0.976. The lowest BCUT2D eigenvalue weighted by Gasteiger charge is -2.43. The molecule has 6 nitrogen and oxygen atoms in total. The van der Waals surface area contributed by atoms with E-state index in [1.54, 1.807) is 50.6 Å². The molecular weight excluding hydrogens is 476 g/mol. The summed E-state index contributed by atoms with van der Waals surface area (Å²) >= 11 is 0. The van der Waals surface area contributed by atoms with Gasteiger partial charge in [0.05, 0.1) is 25.8 Å². The third-order valence-electron chi connectivity index (χ3n) is 7.02. The molecule has 2 amide bonds. The van der Waals surface area contributed by atoms with Crippen molar-refractivity contribution in [3.63, 3.8) is 0 Å². The summed E-state index contributed by atoms with van der Waals surface area (Å²) in [5, 5.41) is 0. The largest absolute Gasteiger partial charge is 0.497 e. The highest BCUT2D eigenvalue weighted by Crippen LogP contribution is 2.43. The van der Waals surface area contributed by atoms with Gasteiger partial charge in [0.2, 0.25) is 0 Å². The fourth-order valence-corrected chi connectivity index (χ4v) is 5.19. The van der Waals surface area contributed by atoms with Gasteiger partial charge < -0.3 is 19.3 Å². The maximum absolute atomic E-state index is 14.1. The van der Waals surface area contributed by atoms with Crippen LogP contribution in [0, 0.1) is 0 Å². The number of benzene rings is 4. The van der Waals surface area contributed by atoms with Crippen LogP contribution in [0.3, 0.4) is 0 Å². The third kappa shape index (κ3) is 4.61. The molecule has 2 atom stereocenters. The van der Waals surface area contributed by atoms with Crippen molar-refractivity contribution in [1.82, 2.24) is 0 Å². The fourth-order valence-electron chi connectivity index (χ4n) is 5.19. The van der Waals surface area contributed by atoms with Gasteiger partial charge in [-0.1, -0.05) is 48.5 Å². The molecule has 4 aromatic rings. The second-order valence-corrected chi connectivity index (χ2v) is 9.27. The Hall–Kier alpha value is -4.58. The van der Waals surface area contributed by atoms with Gasteiger partial charge in [-0.25, -0.2) is 0 Å². The maximum atomic E-state index is 14.1. The minimum Gasteiger partial charge on any atom is -0.497 e. The normalized spacial score (nSPS) is 16.3. The summed E-state index contributed by atoms with van der Waals surface area (Å²) in [6, 6.07) is 31.5. The zero-order chi connectivity index (χ0) is 26.6. The van der Waals surface area contributed by atoms with Crippen LogP contribution in [0.4, 0.5) is 11.4 Å². The van der Waals surface area contributed by atoms with Crippen molar-refractivity contribution >= 4 is 23.2 Å². The van der Waals surface area contributed by atoms with E-state index in [1.165, 1.54) is 0 Å². The van der Waals surface area contributed by atoms with Gasteiger partial charge >= 0.3 is 0 Å². The van der Waals surface area contributed by atoms with Crippen molar-refractivity contribution in [2.75, 3.05) is 24.0 Å². The third-order valence-corrected chi connectivity index (χ3v) is 7.02. The van der Waals surface area contributed by atoms with Crippen LogP contribution in [-0.4, -0.2) is 32.1 Å². The number of fused-ring (bicyclic) bond motifs is 1. The fraction of sp³-hybridized carbons (Fsp3) is 0.188. The first kappa shape index (κ1) is 25.1. The Balaban J connectivity index is 1.60. The number of amides is 2. The first-order chi connectivity index (χ1) is 18.5. The van der Waals surface area contributed by atoms with Crippen LogP contribution in [-0.2, 0) is 0 Å². The molecule has 0 spiro atoms. The van der Waals surface area contributed by atoms with E-state index in [4.69, 9.17) is 9.47 Å². The molecule has 0 aromatic heterocycles. The minimum absolute atomic E-state index is 0.115. The van der Waals surface area contributed by atoms with Crippen molar-refractivity contribution in [2.45, 2.75) is 25.4 Å². The highest BCUT2D eigenvalue weighted by molar-refractivity contribution is 6.10. The SMILES string of the molecule is COc1ccc(C(=O)N(c2ccccc2)C2CC(C)N(C(=O)c3ccccc3OC)c3ccccc32)cc1. The minimum atomic E-state index is -0.278. The summed E-state index contributed by atoms with van der Waals surface area (Å²) in [6.07, 6.45) is 0.564. The Morgan fingerprint density at radius 1 is 0.789 bits per heavy atom. The molecule has 5 rings (SSSR count). The van der Waals surface area contributed by atoms with Crippen LogP contribution in [0.25, 0.3) is 0 Å². The lowest BCUT2D eigenvalue weighted by atomic mass is 9.89. The average Bonchev–Trinajstić information content (AvgIpc) is 2.97. The van der Waals surface area contributed by atoms with Gasteiger partial charge in [0, 0.05) is 23.0 Å². The molecule has 0 bridgehead atoms. The number of para-hydroxylation sites is 3. The lowest BCUT2D eigenvalue weighted by molar-refractivity contribution is 0.0964. The van der Waals surface area contributed by atoms with E-state index in [2.05, 4.69) is 0 Å². The predicted molar refractivity (Wildman–Crippen MR) is 149 cm³/mol. The first-order valence-electron chi connectivity index (χ1n) is 12.6. The summed E-state index contributed by atoms with van der Waals surface area (Å²) in [7, 11) is 3.17. The van der Waals surface area contributed by atoms with E-state index in [0.29, 0.717) is 29.0 Å². The number of carbonyl (C=O) groups excluding carboxylic acids is 2. The average molecular weight is 507 g/mol. The Labute approximate surface area is 223 Å². The number of hydrogen-bond donors (Lipinski definition) is 0. The van der Waals surface area contributed by atoms with E-state index in [9.17, 15) is 9.59 Å². The Morgan fingerprint density at radius 2 is 1.45 bits per heavy atom. The van der Waals surface area contributed by atoms with Gasteiger partial charge in [-0.15, -0.1) is 0 Å². The Morgan fingerprint density at radius 3 is 2.16 bits per heavy atom. The number of hydrogen-bond acceptors (Lipinski definition) is 4. The summed E-state index contributed by atoms with van der Waals surface area (Å²) < 4.78 is 10.8. The Kier molecular flexibility index (Phi) is 7.13. The molecule has 0 radical (unpaired) electrons. The molecule has 38 heavy (non-hydrogen) atoms. The number of rotatable bonds is 6. The Bertz CT molecular complexity index is 1440. The number of methoxy groups -OCH3 is 2. The van der Waals surface area contributed by atoms with E-state index in [1.807, 2.05) is 83.5 Å². The van der Waals surface area contributed by atoms with E-state index >= 15 is 0 Å². The van der Waals surface area contributed by atoms with Crippen LogP contribution in [0.5, 0.6) is 11.5 Å². The predicted octanol–water partition coefficient (Wildman–Crippen LogP) is 6.53. The van der Waals surface area contributed by atoms with Gasteiger partial charge in [-0.2, -0.15) is 0 Å². The van der Waals surface area contributed by atoms with Crippen molar-refractivity contribution in [3.05, 3.63) is 120 Å². The van der Waals surface area contributed by atoms with Crippen molar-refractivity contribution in [3.8, 4) is 11.5 Å². The molecule has 0 saturated carbocycles. The standard InChI is InChI=1S/C32H30N2O4/c1-22-21-29(34(24-11-5-4-6-12-24)31(35)23-17-19-25(37-2)20-18-23)26-13-7-9-15-28(26)33(22)32(36)27-14-8-10-16-30(27)38-3/h4-20,22,29H,21H2,1-3H3. The van der Waals surface area contributed by atoms with Gasteiger partial charge in [-0.3, -0.25) is 9.59 Å². The van der Waals surface area contributed by atoms with Crippen molar-refractivity contribution in [1.29, 1.82) is 0 Å². The molecular formula is C32H30N2O4. The topological polar surface area (TPSA) is 59.1 Å². The highest BCUT2D eigenvalue weighted by Gasteiger charge is 2.39. The number of carbonyl (C=O) groups is 2. The monoisotopic (exact) mass is 506 g/mol. The molecule has 1 heterocycles. The number of ether oxygens (including phenoxy) is 2. The van der Waals surface area contributed by atoms with E-state index in [0.717, 1.165) is 16.9 Å². The zero-order valence-corrected chi connectivity index (χ0v) is 21.7. The van der Waals surface area contributed by atoms with Gasteiger partial charge in [0.15, 0.2) is 0 Å². The van der Waals surface area contributed by atoms with Crippen molar-refractivity contribution in [2.24, 2.45) is 0 Å². The molecule has 0 aliphatic carbocycles. The quantitative estimate of drug-likeness (QED) is 0.298. The number of nitrogens with zero attached hydrogens (tertiary/aromatic N) is 2. The first-order valence-corrected chi connectivity index (χ1v) is 12.6. The summed E-state index contributed by atoms with van der Waals surface area (Å²) in [6.45, 7) is 2.03. The maximum Gasteiger partial charge on any atom is 0.262 e. The zero-order valence-electron chi connectivity index (χ0n) is 21.7. The van der Waals surface area contributed by atoms with Gasteiger partial charge in [0.1, 0.15) is 11.5 Å². The molecule has 4 aromatic carbocycles. The molecule has 1 aliphatic rings. The molecule has 2 unspecified atom stereocenters. The highest BCUT2D eigenvalue weighted by atomic mass is 16.5. The van der Waals surface area contributed by atoms with Crippen molar-refractivity contribution < 1.29 is 19.1 Å². The van der Waals surface area contributed by atoms with Crippen LogP contribution >= 0.6 is 0 Å². The van der Waals surface area contributed by atoms with Gasteiger partial charge in [-0.05, 0) is 73.5 Å². The van der Waals surface area contributed by atoms with E-state index in [-0.39, 0.29) is 23.9 Å². The second kappa shape index (κ2) is 10.8. The smallest absolute Gasteiger partial charge is 0.262 e. The number of anilines is 2. The molecule has 0 saturated heterocycles. The van der Waals surface area contributed by atoms with Crippen LogP contribution in [0.15, 0.2) is 103 Å². The van der Waals surface area contributed by atoms with Crippen LogP contribution < -0.4 is 19.3 Å². The molecule has 6 heteroatoms. The summed E-state index contributed by atoms with van der Waals surface area (Å²) in [5.41, 5.74) is 3.57. The van der Waals surface area contributed by atoms with E-state index < -0.39 is 0 Å². The second-order valence-electron chi connectivity index (χ2n) is 9.27. The lowest BCUT2D eigenvalue weighted by Crippen LogP contribution is -2.48. The molecule has 0 fully saturated rings. The molecule has 0 N–H and O–H groups in total. The van der Waals surface area contributed by atoms with Crippen LogP contribution in [0.1, 0.15) is 45.7 Å². The summed E-state index contributed by atoms with van der Waals surface area (Å²) in [4.78, 5) is 31.6. The molecule has 1 aliphatic heterocycles. The van der Waals surface area contributed by atoms with Gasteiger partial charge in [0.25, 0.3) is 11.8 Å².